The average molecular weight is 453 g/mol. The van der Waals surface area contributed by atoms with Crippen LogP contribution >= 0.6 is 0 Å². The molecule has 3 N–H and O–H groups in total. The summed E-state index contributed by atoms with van der Waals surface area (Å²) in [6.45, 7) is 5.56. The van der Waals surface area contributed by atoms with Gasteiger partial charge in [0.05, 0.1) is 0 Å². The zero-order valence-corrected chi connectivity index (χ0v) is 19.3. The summed E-state index contributed by atoms with van der Waals surface area (Å²) in [7, 11) is 0. The second kappa shape index (κ2) is 11.6. The summed E-state index contributed by atoms with van der Waals surface area (Å²) in [6.07, 6.45) is 13.4. The van der Waals surface area contributed by atoms with Crippen LogP contribution in [0.15, 0.2) is 73.8 Å². The van der Waals surface area contributed by atoms with Crippen molar-refractivity contribution in [2.24, 2.45) is 21.4 Å². The molecular weight excluding hydrogens is 420 g/mol. The van der Waals surface area contributed by atoms with E-state index in [1.807, 2.05) is 23.1 Å². The van der Waals surface area contributed by atoms with E-state index in [1.165, 1.54) is 0 Å². The number of carbonyl (C=O) groups is 2. The summed E-state index contributed by atoms with van der Waals surface area (Å²) in [5, 5.41) is 13.6. The van der Waals surface area contributed by atoms with E-state index in [1.54, 1.807) is 12.2 Å². The summed E-state index contributed by atoms with van der Waals surface area (Å²) in [5.74, 6) is 4.63. The number of nitrogens with one attached hydrogen (secondary N) is 1. The van der Waals surface area contributed by atoms with Gasteiger partial charge in [-0.25, -0.2) is 0 Å². The van der Waals surface area contributed by atoms with Gasteiger partial charge in [-0.2, -0.15) is 5.11 Å². The summed E-state index contributed by atoms with van der Waals surface area (Å²) >= 11 is 0. The molecule has 0 bridgehead atoms. The maximum absolute atomic E-state index is 13.3. The molecule has 176 valence electrons. The van der Waals surface area contributed by atoms with Crippen molar-refractivity contribution in [1.82, 2.24) is 10.2 Å². The van der Waals surface area contributed by atoms with Gasteiger partial charge in [-0.05, 0) is 61.0 Å². The Balaban J connectivity index is 1.92. The van der Waals surface area contributed by atoms with Crippen LogP contribution in [-0.2, 0) is 9.59 Å². The molecule has 2 atom stereocenters. The Hall–Kier alpha value is -3.20. The normalized spacial score (nSPS) is 22.8. The van der Waals surface area contributed by atoms with Crippen molar-refractivity contribution >= 4 is 11.8 Å². The monoisotopic (exact) mass is 452 g/mol. The highest BCUT2D eigenvalue weighted by Gasteiger charge is 2.30. The molecule has 0 aromatic heterocycles. The first-order valence-corrected chi connectivity index (χ1v) is 11.6. The van der Waals surface area contributed by atoms with Gasteiger partial charge in [0.15, 0.2) is 0 Å². The summed E-state index contributed by atoms with van der Waals surface area (Å²) in [6, 6.07) is -0.0771. The highest BCUT2D eigenvalue weighted by Crippen LogP contribution is 2.33. The van der Waals surface area contributed by atoms with Gasteiger partial charge in [0.2, 0.25) is 5.91 Å². The third-order valence-electron chi connectivity index (χ3n) is 6.06. The number of rotatable bonds is 8. The van der Waals surface area contributed by atoms with Gasteiger partial charge in [-0.1, -0.05) is 37.3 Å². The molecule has 0 aromatic rings. The number of nitrogens with two attached hydrogens (primary N) is 1. The SMILES string of the molecule is CCCN(CCC)C(=O)C1=CC2=CC=C(C3=CC(C(=O)N=O)=CCC3)CC2NC(N=NN)C1. The van der Waals surface area contributed by atoms with Crippen molar-refractivity contribution in [2.45, 2.75) is 64.6 Å². The molecule has 3 aliphatic rings. The third-order valence-corrected chi connectivity index (χ3v) is 6.06. The minimum Gasteiger partial charge on any atom is -0.339 e. The smallest absolute Gasteiger partial charge is 0.316 e. The summed E-state index contributed by atoms with van der Waals surface area (Å²) < 4.78 is 0. The maximum atomic E-state index is 13.3. The molecule has 0 spiro atoms. The molecule has 0 saturated carbocycles. The number of nitrogens with zero attached hydrogens (tertiary/aromatic N) is 4. The molecule has 1 heterocycles. The second-order valence-electron chi connectivity index (χ2n) is 8.46. The van der Waals surface area contributed by atoms with Gasteiger partial charge in [0.1, 0.15) is 6.17 Å². The minimum absolute atomic E-state index is 0.0266. The van der Waals surface area contributed by atoms with Crippen LogP contribution in [0.4, 0.5) is 0 Å². The maximum Gasteiger partial charge on any atom is 0.316 e. The number of amides is 2. The number of allylic oxidation sites excluding steroid dienone is 4. The average Bonchev–Trinajstić information content (AvgIpc) is 3.01. The Morgan fingerprint density at radius 1 is 1.12 bits per heavy atom. The molecule has 9 nitrogen and oxygen atoms in total. The van der Waals surface area contributed by atoms with Crippen molar-refractivity contribution in [1.29, 1.82) is 0 Å². The lowest BCUT2D eigenvalue weighted by Gasteiger charge is -2.27. The first kappa shape index (κ1) is 24.4. The molecule has 33 heavy (non-hydrogen) atoms. The van der Waals surface area contributed by atoms with E-state index < -0.39 is 12.1 Å². The van der Waals surface area contributed by atoms with E-state index in [0.29, 0.717) is 43.5 Å². The molecule has 2 amide bonds. The van der Waals surface area contributed by atoms with Crippen molar-refractivity contribution in [3.05, 3.63) is 63.2 Å². The Morgan fingerprint density at radius 3 is 2.55 bits per heavy atom. The van der Waals surface area contributed by atoms with Gasteiger partial charge in [0, 0.05) is 41.9 Å². The number of fused-ring (bicyclic) bond motifs is 1. The largest absolute Gasteiger partial charge is 0.339 e. The fourth-order valence-corrected chi connectivity index (χ4v) is 4.54. The van der Waals surface area contributed by atoms with Gasteiger partial charge < -0.3 is 10.7 Å². The molecule has 0 fully saturated rings. The lowest BCUT2D eigenvalue weighted by atomic mass is 9.84. The van der Waals surface area contributed by atoms with E-state index in [2.05, 4.69) is 34.7 Å². The molecule has 0 aromatic carbocycles. The van der Waals surface area contributed by atoms with Gasteiger partial charge in [0.25, 0.3) is 0 Å². The molecule has 2 aliphatic carbocycles. The molecule has 1 aliphatic heterocycles. The van der Waals surface area contributed by atoms with Crippen LogP contribution in [0, 0.1) is 4.91 Å². The molecular formula is C24H32N6O3. The second-order valence-corrected chi connectivity index (χ2v) is 8.46. The number of hydrogen-bond donors (Lipinski definition) is 2. The lowest BCUT2D eigenvalue weighted by molar-refractivity contribution is -0.127. The van der Waals surface area contributed by atoms with Crippen LogP contribution in [-0.4, -0.2) is 42.0 Å². The highest BCUT2D eigenvalue weighted by molar-refractivity contribution is 5.97. The van der Waals surface area contributed by atoms with Crippen LogP contribution in [0.3, 0.4) is 0 Å². The minimum atomic E-state index is -0.745. The number of nitroso groups, excluding NO2 is 1. The van der Waals surface area contributed by atoms with Crippen LogP contribution in [0.2, 0.25) is 0 Å². The summed E-state index contributed by atoms with van der Waals surface area (Å²) in [4.78, 5) is 37.6. The van der Waals surface area contributed by atoms with E-state index in [9.17, 15) is 14.5 Å². The van der Waals surface area contributed by atoms with Crippen molar-refractivity contribution < 1.29 is 9.59 Å². The molecule has 3 rings (SSSR count). The van der Waals surface area contributed by atoms with Crippen molar-refractivity contribution in [3.63, 3.8) is 0 Å². The van der Waals surface area contributed by atoms with Gasteiger partial charge in [-0.3, -0.25) is 14.9 Å². The number of hydrogen-bond acceptors (Lipinski definition) is 6. The van der Waals surface area contributed by atoms with E-state index in [-0.39, 0.29) is 11.9 Å². The van der Waals surface area contributed by atoms with Gasteiger partial charge in [-0.15, -0.1) is 4.91 Å². The first-order valence-electron chi connectivity index (χ1n) is 11.6. The zero-order valence-electron chi connectivity index (χ0n) is 19.3. The molecule has 2 unspecified atom stereocenters. The van der Waals surface area contributed by atoms with E-state index in [4.69, 9.17) is 5.84 Å². The zero-order chi connectivity index (χ0) is 23.8. The molecule has 0 saturated heterocycles. The fourth-order valence-electron chi connectivity index (χ4n) is 4.54. The predicted molar refractivity (Wildman–Crippen MR) is 127 cm³/mol. The van der Waals surface area contributed by atoms with Crippen LogP contribution < -0.4 is 11.2 Å². The van der Waals surface area contributed by atoms with Crippen LogP contribution in [0.1, 0.15) is 52.4 Å². The van der Waals surface area contributed by atoms with Crippen molar-refractivity contribution in [2.75, 3.05) is 13.1 Å². The Labute approximate surface area is 194 Å². The summed E-state index contributed by atoms with van der Waals surface area (Å²) in [5.41, 5.74) is 4.12. The third kappa shape index (κ3) is 5.98. The Bertz CT molecular complexity index is 967. The van der Waals surface area contributed by atoms with Gasteiger partial charge >= 0.3 is 5.91 Å². The van der Waals surface area contributed by atoms with E-state index >= 15 is 0 Å². The lowest BCUT2D eigenvalue weighted by Crippen LogP contribution is -2.39. The predicted octanol–water partition coefficient (Wildman–Crippen LogP) is 3.77. The fraction of sp³-hybridized carbons (Fsp3) is 0.500. The van der Waals surface area contributed by atoms with Crippen molar-refractivity contribution in [3.8, 4) is 0 Å². The van der Waals surface area contributed by atoms with E-state index in [0.717, 1.165) is 36.0 Å². The standard InChI is InChI=1S/C24H32N6O3/c1-3-10-30(11-4-2)24(32)20-13-18-9-8-17(14-21(18)26-22(15-20)27-29-25)16-6-5-7-19(12-16)23(31)28-33/h7-9,12-13,21-22,26H,3-6,10-11,14-15H2,1-2H3,(H2,25,27). The highest BCUT2D eigenvalue weighted by atomic mass is 16.3. The van der Waals surface area contributed by atoms with Crippen LogP contribution in [0.25, 0.3) is 0 Å². The molecule has 9 heteroatoms. The molecule has 0 radical (unpaired) electrons. The Morgan fingerprint density at radius 2 is 1.88 bits per heavy atom. The Kier molecular flexibility index (Phi) is 8.59. The first-order chi connectivity index (χ1) is 16.0. The topological polar surface area (TPSA) is 130 Å². The number of carbonyl (C=O) groups excluding carboxylic acids is 2. The van der Waals surface area contributed by atoms with Crippen LogP contribution in [0.5, 0.6) is 0 Å². The quantitative estimate of drug-likeness (QED) is 0.251.